The van der Waals surface area contributed by atoms with Crippen LogP contribution in [0, 0.1) is 0 Å². The number of ether oxygens (including phenoxy) is 3. The first kappa shape index (κ1) is 24.0. The summed E-state index contributed by atoms with van der Waals surface area (Å²) in [6, 6.07) is 13.5. The molecule has 1 aliphatic heterocycles. The van der Waals surface area contributed by atoms with Crippen molar-refractivity contribution in [2.24, 2.45) is 4.99 Å². The number of fused-ring (bicyclic) bond motifs is 1. The van der Waals surface area contributed by atoms with Crippen LogP contribution in [0.1, 0.15) is 24.1 Å². The lowest BCUT2D eigenvalue weighted by Crippen LogP contribution is -2.39. The van der Waals surface area contributed by atoms with Crippen molar-refractivity contribution in [1.82, 2.24) is 4.57 Å². The number of benzene rings is 2. The molecule has 1 atom stereocenters. The van der Waals surface area contributed by atoms with Crippen molar-refractivity contribution in [3.05, 3.63) is 90.6 Å². The first-order valence-corrected chi connectivity index (χ1v) is 11.3. The fourth-order valence-corrected chi connectivity index (χ4v) is 4.92. The van der Waals surface area contributed by atoms with Crippen molar-refractivity contribution in [3.63, 3.8) is 0 Å². The number of hydrogen-bond acceptors (Lipinski definition) is 8. The zero-order chi connectivity index (χ0) is 25.1. The van der Waals surface area contributed by atoms with E-state index in [2.05, 4.69) is 4.99 Å². The standard InChI is InChI=1S/C25H22N2O7S/c1-14-20(24(31)33-3)21(15-8-5-4-6-9-15)27-23(30)18(35-25(27)26-14)12-16-10-7-11-17(32-2)22(16)34-13-19(28)29/h4-12,21H,13H2,1-3H3,(H,28,29). The predicted octanol–water partition coefficient (Wildman–Crippen LogP) is 1.88. The van der Waals surface area contributed by atoms with Crippen LogP contribution in [0.3, 0.4) is 0 Å². The molecular weight excluding hydrogens is 472 g/mol. The number of methoxy groups -OCH3 is 2. The van der Waals surface area contributed by atoms with E-state index in [-0.39, 0.29) is 16.9 Å². The van der Waals surface area contributed by atoms with Gasteiger partial charge in [0.15, 0.2) is 22.9 Å². The third-order valence-electron chi connectivity index (χ3n) is 5.40. The summed E-state index contributed by atoms with van der Waals surface area (Å²) in [4.78, 5) is 42.3. The van der Waals surface area contributed by atoms with E-state index in [4.69, 9.17) is 19.3 Å². The van der Waals surface area contributed by atoms with Crippen LogP contribution in [0.25, 0.3) is 6.08 Å². The molecule has 1 aromatic heterocycles. The summed E-state index contributed by atoms with van der Waals surface area (Å²) in [6.45, 7) is 1.14. The van der Waals surface area contributed by atoms with Crippen LogP contribution in [-0.4, -0.2) is 42.4 Å². The van der Waals surface area contributed by atoms with E-state index in [0.29, 0.717) is 26.3 Å². The first-order valence-electron chi connectivity index (χ1n) is 10.5. The van der Waals surface area contributed by atoms with Crippen molar-refractivity contribution in [1.29, 1.82) is 0 Å². The minimum atomic E-state index is -1.14. The highest BCUT2D eigenvalue weighted by Crippen LogP contribution is 2.32. The van der Waals surface area contributed by atoms with Gasteiger partial charge in [-0.15, -0.1) is 0 Å². The number of carboxylic acids is 1. The average Bonchev–Trinajstić information content (AvgIpc) is 3.16. The Kier molecular flexibility index (Phi) is 6.83. The van der Waals surface area contributed by atoms with Crippen LogP contribution in [0.15, 0.2) is 69.6 Å². The van der Waals surface area contributed by atoms with E-state index < -0.39 is 24.6 Å². The Labute approximate surface area is 203 Å². The summed E-state index contributed by atoms with van der Waals surface area (Å²) in [5, 5.41) is 9.04. The molecule has 0 amide bonds. The molecule has 180 valence electrons. The Hall–Kier alpha value is -4.18. The molecule has 1 unspecified atom stereocenters. The topological polar surface area (TPSA) is 116 Å². The number of carbonyl (C=O) groups is 2. The smallest absolute Gasteiger partial charge is 0.341 e. The number of carboxylic acid groups (broad SMARTS) is 1. The number of para-hydroxylation sites is 1. The molecule has 0 aliphatic carbocycles. The molecule has 10 heteroatoms. The summed E-state index contributed by atoms with van der Waals surface area (Å²) in [5.41, 5.74) is 1.59. The van der Waals surface area contributed by atoms with E-state index >= 15 is 0 Å². The van der Waals surface area contributed by atoms with Gasteiger partial charge in [-0.3, -0.25) is 9.36 Å². The molecule has 0 bridgehead atoms. The quantitative estimate of drug-likeness (QED) is 0.499. The fraction of sp³-hybridized carbons (Fsp3) is 0.200. The van der Waals surface area contributed by atoms with Crippen molar-refractivity contribution >= 4 is 29.4 Å². The number of allylic oxidation sites excluding steroid dienone is 1. The largest absolute Gasteiger partial charge is 0.493 e. The van der Waals surface area contributed by atoms with Crippen LogP contribution in [0.5, 0.6) is 11.5 Å². The molecule has 0 fully saturated rings. The van der Waals surface area contributed by atoms with Crippen LogP contribution < -0.4 is 24.4 Å². The summed E-state index contributed by atoms with van der Waals surface area (Å²) < 4.78 is 17.6. The van der Waals surface area contributed by atoms with E-state index in [9.17, 15) is 14.4 Å². The maximum atomic E-state index is 13.6. The van der Waals surface area contributed by atoms with Crippen LogP contribution in [0.4, 0.5) is 0 Å². The van der Waals surface area contributed by atoms with Gasteiger partial charge >= 0.3 is 11.9 Å². The van der Waals surface area contributed by atoms with Crippen molar-refractivity contribution in [2.45, 2.75) is 13.0 Å². The molecule has 3 aromatic rings. The van der Waals surface area contributed by atoms with Gasteiger partial charge in [0.05, 0.1) is 36.1 Å². The van der Waals surface area contributed by atoms with Crippen LogP contribution >= 0.6 is 11.3 Å². The summed E-state index contributed by atoms with van der Waals surface area (Å²) in [5.74, 6) is -1.17. The summed E-state index contributed by atoms with van der Waals surface area (Å²) in [7, 11) is 2.73. The molecule has 0 spiro atoms. The van der Waals surface area contributed by atoms with Gasteiger partial charge in [0.1, 0.15) is 0 Å². The highest BCUT2D eigenvalue weighted by Gasteiger charge is 2.33. The van der Waals surface area contributed by atoms with Gasteiger partial charge in [-0.1, -0.05) is 53.8 Å². The molecule has 4 rings (SSSR count). The average molecular weight is 495 g/mol. The zero-order valence-corrected chi connectivity index (χ0v) is 20.0. The van der Waals surface area contributed by atoms with Crippen molar-refractivity contribution in [3.8, 4) is 11.5 Å². The van der Waals surface area contributed by atoms with Gasteiger partial charge in [-0.25, -0.2) is 14.6 Å². The Morgan fingerprint density at radius 1 is 1.14 bits per heavy atom. The number of rotatable bonds is 7. The second-order valence-electron chi connectivity index (χ2n) is 7.55. The van der Waals surface area contributed by atoms with Crippen molar-refractivity contribution < 1.29 is 28.9 Å². The number of aliphatic carboxylic acids is 1. The second kappa shape index (κ2) is 9.98. The SMILES string of the molecule is COC(=O)C1=C(C)N=c2sc(=Cc3cccc(OC)c3OCC(=O)O)c(=O)n2C1c1ccccc1. The normalized spacial score (nSPS) is 15.3. The number of aromatic nitrogens is 1. The third-order valence-corrected chi connectivity index (χ3v) is 6.38. The van der Waals surface area contributed by atoms with Gasteiger partial charge in [0, 0.05) is 5.56 Å². The Morgan fingerprint density at radius 2 is 1.89 bits per heavy atom. The lowest BCUT2D eigenvalue weighted by molar-refractivity contribution is -0.139. The minimum absolute atomic E-state index is 0.203. The molecule has 0 saturated heterocycles. The lowest BCUT2D eigenvalue weighted by Gasteiger charge is -2.24. The number of hydrogen-bond donors (Lipinski definition) is 1. The highest BCUT2D eigenvalue weighted by atomic mass is 32.1. The Bertz CT molecular complexity index is 1500. The van der Waals surface area contributed by atoms with Gasteiger partial charge < -0.3 is 19.3 Å². The molecule has 0 radical (unpaired) electrons. The van der Waals surface area contributed by atoms with Crippen LogP contribution in [-0.2, 0) is 14.3 Å². The molecular formula is C25H22N2O7S. The summed E-state index contributed by atoms with van der Waals surface area (Å²) in [6.07, 6.45) is 1.60. The lowest BCUT2D eigenvalue weighted by atomic mass is 9.96. The maximum absolute atomic E-state index is 13.6. The van der Waals surface area contributed by atoms with E-state index in [1.165, 1.54) is 18.8 Å². The minimum Gasteiger partial charge on any atom is -0.493 e. The fourth-order valence-electron chi connectivity index (χ4n) is 3.88. The van der Waals surface area contributed by atoms with E-state index in [0.717, 1.165) is 16.9 Å². The van der Waals surface area contributed by atoms with Crippen LogP contribution in [0.2, 0.25) is 0 Å². The van der Waals surface area contributed by atoms with E-state index in [1.54, 1.807) is 31.2 Å². The number of nitrogens with zero attached hydrogens (tertiary/aromatic N) is 2. The van der Waals surface area contributed by atoms with Gasteiger partial charge in [-0.2, -0.15) is 0 Å². The third kappa shape index (κ3) is 4.60. The first-order chi connectivity index (χ1) is 16.8. The monoisotopic (exact) mass is 494 g/mol. The molecule has 2 aromatic carbocycles. The number of esters is 1. The molecule has 9 nitrogen and oxygen atoms in total. The predicted molar refractivity (Wildman–Crippen MR) is 128 cm³/mol. The molecule has 1 aliphatic rings. The zero-order valence-electron chi connectivity index (χ0n) is 19.2. The van der Waals surface area contributed by atoms with Gasteiger partial charge in [0.2, 0.25) is 0 Å². The van der Waals surface area contributed by atoms with E-state index in [1.807, 2.05) is 30.3 Å². The van der Waals surface area contributed by atoms with Crippen molar-refractivity contribution in [2.75, 3.05) is 20.8 Å². The van der Waals surface area contributed by atoms with Gasteiger partial charge in [0.25, 0.3) is 5.56 Å². The number of carbonyl (C=O) groups excluding carboxylic acids is 1. The Balaban J connectivity index is 1.94. The Morgan fingerprint density at radius 3 is 2.54 bits per heavy atom. The molecule has 1 N–H and O–H groups in total. The summed E-state index contributed by atoms with van der Waals surface area (Å²) >= 11 is 1.16. The highest BCUT2D eigenvalue weighted by molar-refractivity contribution is 7.07. The molecule has 35 heavy (non-hydrogen) atoms. The maximum Gasteiger partial charge on any atom is 0.341 e. The van der Waals surface area contributed by atoms with Gasteiger partial charge in [-0.05, 0) is 24.6 Å². The molecule has 0 saturated carbocycles. The molecule has 2 heterocycles. The number of thiazole rings is 1. The second-order valence-corrected chi connectivity index (χ2v) is 8.55.